The maximum Gasteiger partial charge on any atom is 0.302 e. The molecule has 5 rings (SSSR count). The number of rotatable bonds is 2. The third kappa shape index (κ3) is 2.80. The monoisotopic (exact) mass is 452 g/mol. The third-order valence-corrected chi connectivity index (χ3v) is 10.5. The zero-order valence-electron chi connectivity index (χ0n) is 20.7. The van der Waals surface area contributed by atoms with Crippen LogP contribution in [0.1, 0.15) is 85.1 Å². The Balaban J connectivity index is 1.66. The molecule has 1 aromatic heterocycles. The molecule has 4 aliphatic rings. The van der Waals surface area contributed by atoms with E-state index in [1.807, 2.05) is 12.1 Å². The average molecular weight is 453 g/mol. The summed E-state index contributed by atoms with van der Waals surface area (Å²) in [6.45, 7) is 12.4. The molecule has 0 radical (unpaired) electrons. The van der Waals surface area contributed by atoms with Gasteiger partial charge in [-0.25, -0.2) is 0 Å². The first-order valence-electron chi connectivity index (χ1n) is 12.4. The molecule has 7 atom stereocenters. The lowest BCUT2D eigenvalue weighted by Gasteiger charge is -2.67. The molecule has 0 N–H and O–H groups in total. The van der Waals surface area contributed by atoms with Gasteiger partial charge < -0.3 is 9.15 Å². The van der Waals surface area contributed by atoms with Crippen LogP contribution in [0.4, 0.5) is 0 Å². The molecule has 0 spiro atoms. The van der Waals surface area contributed by atoms with Crippen molar-refractivity contribution < 1.29 is 23.5 Å². The molecule has 4 aliphatic carbocycles. The van der Waals surface area contributed by atoms with E-state index in [2.05, 4.69) is 34.6 Å². The maximum atomic E-state index is 13.4. The lowest BCUT2D eigenvalue weighted by molar-refractivity contribution is -0.203. The van der Waals surface area contributed by atoms with Crippen LogP contribution >= 0.6 is 0 Å². The minimum atomic E-state index is -0.452. The van der Waals surface area contributed by atoms with Crippen molar-refractivity contribution in [1.29, 1.82) is 0 Å². The second-order valence-corrected chi connectivity index (χ2v) is 12.3. The normalized spacial score (nSPS) is 43.9. The van der Waals surface area contributed by atoms with E-state index in [-0.39, 0.29) is 46.4 Å². The molecule has 0 amide bonds. The number of esters is 1. The zero-order chi connectivity index (χ0) is 24.0. The summed E-state index contributed by atoms with van der Waals surface area (Å²) >= 11 is 0. The molecule has 1 aromatic rings. The Kier molecular flexibility index (Phi) is 4.75. The molecular formula is C28H36O5. The lowest BCUT2D eigenvalue weighted by Crippen LogP contribution is -2.65. The fourth-order valence-corrected chi connectivity index (χ4v) is 8.93. The molecule has 0 saturated heterocycles. The smallest absolute Gasteiger partial charge is 0.302 e. The van der Waals surface area contributed by atoms with Gasteiger partial charge in [-0.15, -0.1) is 0 Å². The van der Waals surface area contributed by atoms with Crippen molar-refractivity contribution >= 4 is 17.5 Å². The first-order chi connectivity index (χ1) is 15.4. The number of Topliss-reactive ketones (excluding diaryl/α,β-unsaturated/α-hetero) is 1. The van der Waals surface area contributed by atoms with Crippen LogP contribution < -0.4 is 0 Å². The Morgan fingerprint density at radius 2 is 1.82 bits per heavy atom. The van der Waals surface area contributed by atoms with Gasteiger partial charge in [0.15, 0.2) is 5.78 Å². The highest BCUT2D eigenvalue weighted by molar-refractivity contribution is 6.00. The Morgan fingerprint density at radius 1 is 1.09 bits per heavy atom. The van der Waals surface area contributed by atoms with Gasteiger partial charge in [0.05, 0.1) is 18.4 Å². The van der Waals surface area contributed by atoms with Gasteiger partial charge in [-0.2, -0.15) is 0 Å². The van der Waals surface area contributed by atoms with Crippen LogP contribution in [0.2, 0.25) is 0 Å². The van der Waals surface area contributed by atoms with E-state index >= 15 is 0 Å². The second kappa shape index (κ2) is 6.93. The van der Waals surface area contributed by atoms with Crippen molar-refractivity contribution in [2.75, 3.05) is 0 Å². The van der Waals surface area contributed by atoms with E-state index in [0.717, 1.165) is 30.4 Å². The summed E-state index contributed by atoms with van der Waals surface area (Å²) in [5.74, 6) is 0.231. The average Bonchev–Trinajstić information content (AvgIpc) is 3.32. The number of fused-ring (bicyclic) bond motifs is 5. The Morgan fingerprint density at radius 3 is 2.45 bits per heavy atom. The molecule has 0 bridgehead atoms. The van der Waals surface area contributed by atoms with Crippen LogP contribution in [0.25, 0.3) is 0 Å². The fourth-order valence-electron chi connectivity index (χ4n) is 8.93. The van der Waals surface area contributed by atoms with E-state index < -0.39 is 10.8 Å². The summed E-state index contributed by atoms with van der Waals surface area (Å²) in [4.78, 5) is 38.7. The van der Waals surface area contributed by atoms with Gasteiger partial charge in [0.1, 0.15) is 11.9 Å². The summed E-state index contributed by atoms with van der Waals surface area (Å²) in [6.07, 6.45) is 8.77. The highest BCUT2D eigenvalue weighted by Crippen LogP contribution is 2.73. The first-order valence-corrected chi connectivity index (χ1v) is 12.4. The van der Waals surface area contributed by atoms with E-state index in [9.17, 15) is 14.4 Å². The van der Waals surface area contributed by atoms with Gasteiger partial charge in [0.25, 0.3) is 0 Å². The molecule has 5 nitrogen and oxygen atoms in total. The fraction of sp³-hybridized carbons (Fsp3) is 0.679. The Labute approximate surface area is 196 Å². The van der Waals surface area contributed by atoms with E-state index in [1.54, 1.807) is 12.5 Å². The number of hydrogen-bond donors (Lipinski definition) is 0. The van der Waals surface area contributed by atoms with Gasteiger partial charge in [0, 0.05) is 35.2 Å². The summed E-state index contributed by atoms with van der Waals surface area (Å²) in [6, 6.07) is 1.90. The van der Waals surface area contributed by atoms with E-state index in [0.29, 0.717) is 18.6 Å². The van der Waals surface area contributed by atoms with Crippen LogP contribution in [0.5, 0.6) is 0 Å². The molecule has 3 saturated carbocycles. The molecule has 33 heavy (non-hydrogen) atoms. The summed E-state index contributed by atoms with van der Waals surface area (Å²) in [5.41, 5.74) is 0.753. The van der Waals surface area contributed by atoms with Crippen LogP contribution in [-0.2, 0) is 19.1 Å². The second-order valence-electron chi connectivity index (χ2n) is 12.3. The summed E-state index contributed by atoms with van der Waals surface area (Å²) in [5, 5.41) is 0. The number of carbonyl (C=O) groups is 3. The summed E-state index contributed by atoms with van der Waals surface area (Å²) in [7, 11) is 0. The molecule has 0 aromatic carbocycles. The molecule has 1 heterocycles. The molecule has 0 aliphatic heterocycles. The third-order valence-electron chi connectivity index (χ3n) is 10.5. The Hall–Kier alpha value is -2.17. The Bertz CT molecular complexity index is 1050. The molecule has 5 heteroatoms. The van der Waals surface area contributed by atoms with Crippen LogP contribution in [-0.4, -0.2) is 23.6 Å². The standard InChI is InChI=1S/C28H36O5/c1-16(29)33-23-14-20-25(2,3)22(31)8-11-26(20,4)19-7-10-27(5)21(28(19,23)6)13-18(30)24(27)17-9-12-32-15-17/h9,12-13,15,19-20,23-24H,7-8,10-11,14H2,1-6H3/t19-,20+,23-,24-,26-,27-,28-/m1/s1. The number of allylic oxidation sites excluding steroid dienone is 1. The van der Waals surface area contributed by atoms with E-state index in [4.69, 9.17) is 9.15 Å². The molecule has 178 valence electrons. The number of ether oxygens (including phenoxy) is 1. The van der Waals surface area contributed by atoms with Crippen molar-refractivity contribution in [3.8, 4) is 0 Å². The van der Waals surface area contributed by atoms with Crippen molar-refractivity contribution in [2.24, 2.45) is 33.5 Å². The van der Waals surface area contributed by atoms with Crippen LogP contribution in [0, 0.1) is 33.5 Å². The molecule has 3 fully saturated rings. The number of furan rings is 1. The van der Waals surface area contributed by atoms with Gasteiger partial charge in [-0.3, -0.25) is 14.4 Å². The quantitative estimate of drug-likeness (QED) is 0.543. The first kappa shape index (κ1) is 22.6. The lowest BCUT2D eigenvalue weighted by atomic mass is 9.37. The van der Waals surface area contributed by atoms with Crippen molar-refractivity contribution in [2.45, 2.75) is 85.7 Å². The van der Waals surface area contributed by atoms with Crippen LogP contribution in [0.15, 0.2) is 34.7 Å². The minimum Gasteiger partial charge on any atom is -0.472 e. The van der Waals surface area contributed by atoms with Gasteiger partial charge >= 0.3 is 5.97 Å². The van der Waals surface area contributed by atoms with Crippen molar-refractivity contribution in [1.82, 2.24) is 0 Å². The minimum absolute atomic E-state index is 0.0538. The van der Waals surface area contributed by atoms with Gasteiger partial charge in [-0.05, 0) is 60.6 Å². The highest BCUT2D eigenvalue weighted by atomic mass is 16.5. The number of ketones is 2. The van der Waals surface area contributed by atoms with Crippen molar-refractivity contribution in [3.63, 3.8) is 0 Å². The van der Waals surface area contributed by atoms with Gasteiger partial charge in [-0.1, -0.05) is 34.6 Å². The van der Waals surface area contributed by atoms with Crippen molar-refractivity contribution in [3.05, 3.63) is 35.8 Å². The highest BCUT2D eigenvalue weighted by Gasteiger charge is 2.70. The topological polar surface area (TPSA) is 73.6 Å². The van der Waals surface area contributed by atoms with E-state index in [1.165, 1.54) is 6.92 Å². The predicted molar refractivity (Wildman–Crippen MR) is 123 cm³/mol. The van der Waals surface area contributed by atoms with Crippen LogP contribution in [0.3, 0.4) is 0 Å². The number of hydrogen-bond acceptors (Lipinski definition) is 5. The predicted octanol–water partition coefficient (Wildman–Crippen LogP) is 5.64. The largest absolute Gasteiger partial charge is 0.472 e. The number of carbonyl (C=O) groups excluding carboxylic acids is 3. The zero-order valence-corrected chi connectivity index (χ0v) is 20.7. The van der Waals surface area contributed by atoms with Gasteiger partial charge in [0.2, 0.25) is 0 Å². The maximum absolute atomic E-state index is 13.4. The molecule has 0 unspecified atom stereocenters. The molecular weight excluding hydrogens is 416 g/mol. The summed E-state index contributed by atoms with van der Waals surface area (Å²) < 4.78 is 11.4. The SMILES string of the molecule is CC(=O)O[C@@H]1C[C@H]2C(C)(C)C(=O)CC[C@]2(C)[C@H]2CC[C@]3(C)C(=CC(=O)[C@H]3c3ccoc3)[C@@]21C.